The second-order valence-corrected chi connectivity index (χ2v) is 4.29. The van der Waals surface area contributed by atoms with Crippen molar-refractivity contribution in [2.75, 3.05) is 20.7 Å². The van der Waals surface area contributed by atoms with Gasteiger partial charge in [-0.2, -0.15) is 0 Å². The van der Waals surface area contributed by atoms with E-state index in [0.717, 1.165) is 0 Å². The third-order valence-electron chi connectivity index (χ3n) is 2.48. The molecule has 0 saturated heterocycles. The van der Waals surface area contributed by atoms with Crippen molar-refractivity contribution in [1.82, 2.24) is 15.2 Å². The number of rotatable bonds is 3. The Labute approximate surface area is 117 Å². The molecule has 1 rings (SSSR count). The molecule has 0 fully saturated rings. The average Bonchev–Trinajstić information content (AvgIpc) is 2.44. The summed E-state index contributed by atoms with van der Waals surface area (Å²) >= 11 is 0. The van der Waals surface area contributed by atoms with Gasteiger partial charge in [-0.1, -0.05) is 11.8 Å². The number of amides is 2. The molecule has 2 amide bonds. The number of nitrogens with one attached hydrogen (secondary N) is 1. The first-order valence-electron chi connectivity index (χ1n) is 6.04. The number of likely N-dealkylation sites (N-methyl/N-ethyl adjacent to an activating group) is 1. The van der Waals surface area contributed by atoms with Crippen molar-refractivity contribution in [1.29, 1.82) is 0 Å². The smallest absolute Gasteiger partial charge is 0.271 e. The van der Waals surface area contributed by atoms with E-state index in [-0.39, 0.29) is 18.2 Å². The Morgan fingerprint density at radius 1 is 1.50 bits per heavy atom. The van der Waals surface area contributed by atoms with Crippen LogP contribution in [-0.2, 0) is 4.79 Å². The van der Waals surface area contributed by atoms with Crippen molar-refractivity contribution < 1.29 is 14.7 Å². The van der Waals surface area contributed by atoms with Gasteiger partial charge in [0.05, 0.1) is 5.56 Å². The molecule has 0 aromatic carbocycles. The summed E-state index contributed by atoms with van der Waals surface area (Å²) in [5.74, 6) is 4.43. The maximum Gasteiger partial charge on any atom is 0.271 e. The number of pyridine rings is 1. The van der Waals surface area contributed by atoms with Crippen molar-refractivity contribution >= 4 is 11.8 Å². The van der Waals surface area contributed by atoms with Crippen LogP contribution >= 0.6 is 0 Å². The van der Waals surface area contributed by atoms with Gasteiger partial charge in [0.1, 0.15) is 18.3 Å². The quantitative estimate of drug-likeness (QED) is 0.738. The van der Waals surface area contributed by atoms with E-state index >= 15 is 0 Å². The number of carbonyl (C=O) groups is 2. The summed E-state index contributed by atoms with van der Waals surface area (Å²) in [7, 11) is 3.23. The summed E-state index contributed by atoms with van der Waals surface area (Å²) < 4.78 is 0. The second-order valence-electron chi connectivity index (χ2n) is 4.29. The molecule has 1 aromatic heterocycles. The molecule has 0 spiro atoms. The first kappa shape index (κ1) is 15.7. The van der Waals surface area contributed by atoms with Crippen LogP contribution in [0.15, 0.2) is 18.3 Å². The predicted molar refractivity (Wildman–Crippen MR) is 73.8 cm³/mol. The summed E-state index contributed by atoms with van der Waals surface area (Å²) in [5.41, 5.74) is 0.537. The van der Waals surface area contributed by atoms with Crippen LogP contribution in [0.5, 0.6) is 0 Å². The van der Waals surface area contributed by atoms with Gasteiger partial charge in [0.25, 0.3) is 5.91 Å². The van der Waals surface area contributed by atoms with Gasteiger partial charge in [0, 0.05) is 20.3 Å². The van der Waals surface area contributed by atoms with Gasteiger partial charge in [-0.25, -0.2) is 4.98 Å². The fraction of sp³-hybridized carbons (Fsp3) is 0.357. The van der Waals surface area contributed by atoms with Gasteiger partial charge in [-0.05, 0) is 19.1 Å². The molecule has 6 heteroatoms. The molecule has 0 aliphatic carbocycles. The van der Waals surface area contributed by atoms with Crippen LogP contribution in [0.1, 0.15) is 23.0 Å². The van der Waals surface area contributed by atoms with Gasteiger partial charge in [-0.3, -0.25) is 9.59 Å². The number of hydrogen-bond acceptors (Lipinski definition) is 4. The molecular weight excluding hydrogens is 258 g/mol. The molecule has 20 heavy (non-hydrogen) atoms. The van der Waals surface area contributed by atoms with E-state index in [4.69, 9.17) is 5.11 Å². The number of carbonyl (C=O) groups excluding carboxylic acids is 2. The van der Waals surface area contributed by atoms with Crippen LogP contribution in [0.2, 0.25) is 0 Å². The van der Waals surface area contributed by atoms with E-state index in [1.165, 1.54) is 11.1 Å². The molecule has 0 saturated carbocycles. The Kier molecular flexibility index (Phi) is 5.69. The molecule has 2 N–H and O–H groups in total. The van der Waals surface area contributed by atoms with E-state index in [1.54, 1.807) is 33.2 Å². The molecule has 1 aromatic rings. The molecule has 1 heterocycles. The number of aliphatic hydroxyl groups excluding tert-OH is 1. The summed E-state index contributed by atoms with van der Waals surface area (Å²) in [4.78, 5) is 29.2. The monoisotopic (exact) mass is 275 g/mol. The highest BCUT2D eigenvalue weighted by Gasteiger charge is 2.20. The van der Waals surface area contributed by atoms with E-state index in [9.17, 15) is 9.59 Å². The van der Waals surface area contributed by atoms with Crippen LogP contribution in [0, 0.1) is 11.8 Å². The van der Waals surface area contributed by atoms with Gasteiger partial charge < -0.3 is 15.3 Å². The Bertz CT molecular complexity index is 558. The zero-order valence-electron chi connectivity index (χ0n) is 11.7. The SMILES string of the molecule is CC(NC(=O)c1ncccc1C#CCO)C(=O)N(C)C. The Morgan fingerprint density at radius 2 is 2.20 bits per heavy atom. The minimum Gasteiger partial charge on any atom is -0.384 e. The summed E-state index contributed by atoms with van der Waals surface area (Å²) in [6, 6.07) is 2.62. The minimum absolute atomic E-state index is 0.131. The van der Waals surface area contributed by atoms with E-state index in [0.29, 0.717) is 5.56 Å². The predicted octanol–water partition coefficient (Wildman–Crippen LogP) is -0.368. The summed E-state index contributed by atoms with van der Waals surface area (Å²) in [6.45, 7) is 1.30. The summed E-state index contributed by atoms with van der Waals surface area (Å²) in [6.07, 6.45) is 1.47. The zero-order valence-corrected chi connectivity index (χ0v) is 11.7. The number of hydrogen-bond donors (Lipinski definition) is 2. The van der Waals surface area contributed by atoms with Crippen LogP contribution in [-0.4, -0.2) is 53.5 Å². The van der Waals surface area contributed by atoms with E-state index in [2.05, 4.69) is 22.1 Å². The van der Waals surface area contributed by atoms with Gasteiger partial charge in [0.15, 0.2) is 0 Å². The molecule has 6 nitrogen and oxygen atoms in total. The third-order valence-corrected chi connectivity index (χ3v) is 2.48. The number of aromatic nitrogens is 1. The van der Waals surface area contributed by atoms with Crippen LogP contribution in [0.3, 0.4) is 0 Å². The van der Waals surface area contributed by atoms with E-state index in [1.807, 2.05) is 0 Å². The molecule has 106 valence electrons. The van der Waals surface area contributed by atoms with Crippen LogP contribution in [0.4, 0.5) is 0 Å². The highest BCUT2D eigenvalue weighted by atomic mass is 16.2. The first-order valence-corrected chi connectivity index (χ1v) is 6.04. The van der Waals surface area contributed by atoms with Gasteiger partial charge >= 0.3 is 0 Å². The fourth-order valence-corrected chi connectivity index (χ4v) is 1.54. The molecule has 1 atom stereocenters. The van der Waals surface area contributed by atoms with Gasteiger partial charge in [-0.15, -0.1) is 0 Å². The standard InChI is InChI=1S/C14H17N3O3/c1-10(14(20)17(2)3)16-13(19)12-11(7-5-9-18)6-4-8-15-12/h4,6,8,10,18H,9H2,1-3H3,(H,16,19). The lowest BCUT2D eigenvalue weighted by atomic mass is 10.1. The largest absolute Gasteiger partial charge is 0.384 e. The van der Waals surface area contributed by atoms with Crippen molar-refractivity contribution in [3.8, 4) is 11.8 Å². The molecule has 0 radical (unpaired) electrons. The van der Waals surface area contributed by atoms with Crippen molar-refractivity contribution in [2.45, 2.75) is 13.0 Å². The number of aliphatic hydroxyl groups is 1. The Balaban J connectivity index is 2.90. The van der Waals surface area contributed by atoms with Gasteiger partial charge in [0.2, 0.25) is 5.91 Å². The molecule has 1 unspecified atom stereocenters. The van der Waals surface area contributed by atoms with Crippen molar-refractivity contribution in [3.63, 3.8) is 0 Å². The Morgan fingerprint density at radius 3 is 2.80 bits per heavy atom. The molecule has 0 bridgehead atoms. The molecule has 0 aliphatic heterocycles. The average molecular weight is 275 g/mol. The highest BCUT2D eigenvalue weighted by molar-refractivity contribution is 5.97. The van der Waals surface area contributed by atoms with Crippen LogP contribution < -0.4 is 5.32 Å². The van der Waals surface area contributed by atoms with E-state index < -0.39 is 11.9 Å². The highest BCUT2D eigenvalue weighted by Crippen LogP contribution is 2.04. The second kappa shape index (κ2) is 7.26. The lowest BCUT2D eigenvalue weighted by molar-refractivity contribution is -0.130. The zero-order chi connectivity index (χ0) is 15.1. The van der Waals surface area contributed by atoms with Crippen LogP contribution in [0.25, 0.3) is 0 Å². The van der Waals surface area contributed by atoms with Crippen molar-refractivity contribution in [2.24, 2.45) is 0 Å². The molecular formula is C14H17N3O3. The maximum atomic E-state index is 12.1. The lowest BCUT2D eigenvalue weighted by Crippen LogP contribution is -2.44. The summed E-state index contributed by atoms with van der Waals surface area (Å²) in [5, 5.41) is 11.3. The lowest BCUT2D eigenvalue weighted by Gasteiger charge is -2.17. The normalized spacial score (nSPS) is 11.0. The third kappa shape index (κ3) is 4.07. The minimum atomic E-state index is -0.654. The first-order chi connectivity index (χ1) is 9.47. The maximum absolute atomic E-state index is 12.1. The Hall–Kier alpha value is -2.39. The van der Waals surface area contributed by atoms with Crippen molar-refractivity contribution in [3.05, 3.63) is 29.6 Å². The topological polar surface area (TPSA) is 82.5 Å². The number of nitrogens with zero attached hydrogens (tertiary/aromatic N) is 2. The fourth-order valence-electron chi connectivity index (χ4n) is 1.54. The molecule has 0 aliphatic rings.